The zero-order valence-corrected chi connectivity index (χ0v) is 19.4. The van der Waals surface area contributed by atoms with Gasteiger partial charge in [0.2, 0.25) is 5.95 Å². The summed E-state index contributed by atoms with van der Waals surface area (Å²) < 4.78 is 8.02. The van der Waals surface area contributed by atoms with Crippen LogP contribution in [0.25, 0.3) is 0 Å². The summed E-state index contributed by atoms with van der Waals surface area (Å²) in [5.41, 5.74) is 2.70. The number of aromatic nitrogens is 3. The molecule has 1 amide bonds. The Balaban J connectivity index is 1.77. The van der Waals surface area contributed by atoms with E-state index in [4.69, 9.17) is 4.74 Å². The van der Waals surface area contributed by atoms with Crippen LogP contribution in [0.1, 0.15) is 30.8 Å². The summed E-state index contributed by atoms with van der Waals surface area (Å²) in [6.07, 6.45) is 1.11. The van der Waals surface area contributed by atoms with Gasteiger partial charge < -0.3 is 20.5 Å². The molecule has 1 aliphatic rings. The number of nitrogens with one attached hydrogen (secondary N) is 2. The molecule has 1 aliphatic heterocycles. The molecular weight excluding hydrogens is 474 g/mol. The van der Waals surface area contributed by atoms with Crippen LogP contribution in [0.3, 0.4) is 0 Å². The summed E-state index contributed by atoms with van der Waals surface area (Å²) in [6, 6.07) is 14.6. The number of fused-ring (bicyclic) bond motifs is 1. The van der Waals surface area contributed by atoms with Crippen LogP contribution in [-0.4, -0.2) is 39.5 Å². The first-order valence-corrected chi connectivity index (χ1v) is 11.0. The fourth-order valence-electron chi connectivity index (χ4n) is 3.75. The number of ether oxygens (including phenoxy) is 1. The van der Waals surface area contributed by atoms with E-state index in [2.05, 4.69) is 36.6 Å². The molecule has 3 N–H and O–H groups in total. The molecule has 4 rings (SSSR count). The number of hydrogen-bond acceptors (Lipinski definition) is 6. The Hall–Kier alpha value is -3.17. The van der Waals surface area contributed by atoms with Crippen molar-refractivity contribution in [3.8, 4) is 5.75 Å². The van der Waals surface area contributed by atoms with E-state index in [0.717, 1.165) is 10.0 Å². The highest BCUT2D eigenvalue weighted by Gasteiger charge is 2.34. The lowest BCUT2D eigenvalue weighted by Gasteiger charge is -2.29. The van der Waals surface area contributed by atoms with E-state index in [1.807, 2.05) is 43.3 Å². The minimum atomic E-state index is -0.478. The zero-order chi connectivity index (χ0) is 22.7. The Morgan fingerprint density at radius 2 is 2.09 bits per heavy atom. The van der Waals surface area contributed by atoms with E-state index >= 15 is 0 Å². The number of carbonyl (C=O) groups excluding carboxylic acids is 1. The first-order valence-electron chi connectivity index (χ1n) is 10.3. The highest BCUT2D eigenvalue weighted by molar-refractivity contribution is 9.10. The molecule has 0 saturated heterocycles. The van der Waals surface area contributed by atoms with Gasteiger partial charge in [-0.15, -0.1) is 0 Å². The van der Waals surface area contributed by atoms with E-state index in [9.17, 15) is 9.90 Å². The summed E-state index contributed by atoms with van der Waals surface area (Å²) in [5.74, 6) is 1.49. The molecule has 2 aromatic carbocycles. The maximum atomic E-state index is 13.5. The number of carbonyl (C=O) groups is 1. The molecular formula is C23H24BrN5O3. The number of benzene rings is 2. The molecule has 0 fully saturated rings. The van der Waals surface area contributed by atoms with Crippen LogP contribution >= 0.6 is 15.9 Å². The lowest BCUT2D eigenvalue weighted by Crippen LogP contribution is -2.31. The largest absolute Gasteiger partial charge is 0.495 e. The first kappa shape index (κ1) is 22.0. The Morgan fingerprint density at radius 3 is 2.84 bits per heavy atom. The predicted molar refractivity (Wildman–Crippen MR) is 126 cm³/mol. The van der Waals surface area contributed by atoms with Gasteiger partial charge in [0.15, 0.2) is 5.82 Å². The van der Waals surface area contributed by atoms with Crippen molar-refractivity contribution in [1.82, 2.24) is 14.8 Å². The van der Waals surface area contributed by atoms with Crippen LogP contribution in [0.15, 0.2) is 64.3 Å². The van der Waals surface area contributed by atoms with Gasteiger partial charge in [-0.3, -0.25) is 4.79 Å². The number of methoxy groups -OCH3 is 1. The van der Waals surface area contributed by atoms with Gasteiger partial charge in [0.25, 0.3) is 5.91 Å². The van der Waals surface area contributed by atoms with E-state index in [-0.39, 0.29) is 12.5 Å². The zero-order valence-electron chi connectivity index (χ0n) is 17.8. The van der Waals surface area contributed by atoms with E-state index < -0.39 is 6.04 Å². The third-order valence-electron chi connectivity index (χ3n) is 5.22. The van der Waals surface area contributed by atoms with Crippen molar-refractivity contribution < 1.29 is 14.6 Å². The third-order valence-corrected chi connectivity index (χ3v) is 5.71. The second-order valence-electron chi connectivity index (χ2n) is 7.40. The van der Waals surface area contributed by atoms with Gasteiger partial charge in [0, 0.05) is 23.2 Å². The third kappa shape index (κ3) is 4.39. The van der Waals surface area contributed by atoms with Crippen LogP contribution in [0, 0.1) is 0 Å². The summed E-state index contributed by atoms with van der Waals surface area (Å²) in [7, 11) is 1.57. The minimum absolute atomic E-state index is 0.0657. The summed E-state index contributed by atoms with van der Waals surface area (Å²) in [6.45, 7) is 1.92. The van der Waals surface area contributed by atoms with Gasteiger partial charge in [-0.2, -0.15) is 10.1 Å². The molecule has 8 nitrogen and oxygen atoms in total. The molecule has 0 saturated carbocycles. The van der Waals surface area contributed by atoms with Crippen molar-refractivity contribution in [3.63, 3.8) is 0 Å². The molecule has 2 heterocycles. The van der Waals surface area contributed by atoms with Gasteiger partial charge in [-0.1, -0.05) is 40.2 Å². The first-order chi connectivity index (χ1) is 15.5. The van der Waals surface area contributed by atoms with Crippen molar-refractivity contribution >= 4 is 33.5 Å². The molecule has 0 bridgehead atoms. The van der Waals surface area contributed by atoms with Gasteiger partial charge >= 0.3 is 0 Å². The normalized spacial score (nSPS) is 15.2. The Labute approximate surface area is 194 Å². The number of rotatable bonds is 7. The van der Waals surface area contributed by atoms with Crippen LogP contribution < -0.4 is 15.4 Å². The molecule has 9 heteroatoms. The standard InChI is InChI=1S/C23H24BrN5O3/c1-14-20(22(31)26-17-9-3-4-10-18(17)32-2)21(15-7-5-8-16(24)13-15)29-23(25-14)27-19(28-29)11-6-12-30/h3-5,7-10,13,21,30H,6,11-12H2,1-2H3,(H,26,31)(H,25,27,28)/t21-/m0/s1. The van der Waals surface area contributed by atoms with Gasteiger partial charge in [0.1, 0.15) is 11.8 Å². The van der Waals surface area contributed by atoms with E-state index in [0.29, 0.717) is 47.3 Å². The fourth-order valence-corrected chi connectivity index (χ4v) is 4.17. The smallest absolute Gasteiger partial charge is 0.255 e. The summed E-state index contributed by atoms with van der Waals surface area (Å²) in [4.78, 5) is 18.1. The Bertz CT molecular complexity index is 1170. The number of allylic oxidation sites excluding steroid dienone is 1. The number of anilines is 2. The molecule has 0 radical (unpaired) electrons. The molecule has 166 valence electrons. The quantitative estimate of drug-likeness (QED) is 0.457. The van der Waals surface area contributed by atoms with Gasteiger partial charge in [-0.05, 0) is 43.2 Å². The van der Waals surface area contributed by atoms with Crippen molar-refractivity contribution in [1.29, 1.82) is 0 Å². The molecule has 1 atom stereocenters. The number of aliphatic hydroxyl groups is 1. The number of aryl methyl sites for hydroxylation is 1. The number of nitrogens with zero attached hydrogens (tertiary/aromatic N) is 3. The number of aliphatic hydroxyl groups excluding tert-OH is 1. The minimum Gasteiger partial charge on any atom is -0.495 e. The maximum absolute atomic E-state index is 13.5. The van der Waals surface area contributed by atoms with Crippen LogP contribution in [0.5, 0.6) is 5.75 Å². The topological polar surface area (TPSA) is 101 Å². The number of halogens is 1. The van der Waals surface area contributed by atoms with Gasteiger partial charge in [0.05, 0.1) is 18.4 Å². The summed E-state index contributed by atoms with van der Waals surface area (Å²) in [5, 5.41) is 20.0. The highest BCUT2D eigenvalue weighted by Crippen LogP contribution is 2.37. The highest BCUT2D eigenvalue weighted by atomic mass is 79.9. The fraction of sp³-hybridized carbons (Fsp3) is 0.261. The van der Waals surface area contributed by atoms with Crippen molar-refractivity contribution in [3.05, 3.63) is 75.7 Å². The monoisotopic (exact) mass is 497 g/mol. The maximum Gasteiger partial charge on any atom is 0.255 e. The summed E-state index contributed by atoms with van der Waals surface area (Å²) >= 11 is 3.53. The predicted octanol–water partition coefficient (Wildman–Crippen LogP) is 3.90. The number of hydrogen-bond donors (Lipinski definition) is 3. The molecule has 1 aromatic heterocycles. The molecule has 3 aromatic rings. The number of amides is 1. The lowest BCUT2D eigenvalue weighted by atomic mass is 9.95. The molecule has 0 spiro atoms. The SMILES string of the molecule is COc1ccccc1NC(=O)C1=C(C)Nc2nc(CCCO)nn2[C@H]1c1cccc(Br)c1. The lowest BCUT2D eigenvalue weighted by molar-refractivity contribution is -0.113. The van der Waals surface area contributed by atoms with E-state index in [1.54, 1.807) is 23.9 Å². The Kier molecular flexibility index (Phi) is 6.57. The molecule has 0 aliphatic carbocycles. The second kappa shape index (κ2) is 9.54. The van der Waals surface area contributed by atoms with Crippen molar-refractivity contribution in [2.75, 3.05) is 24.4 Å². The van der Waals surface area contributed by atoms with Crippen LogP contribution in [-0.2, 0) is 11.2 Å². The van der Waals surface area contributed by atoms with Crippen LogP contribution in [0.2, 0.25) is 0 Å². The van der Waals surface area contributed by atoms with E-state index in [1.165, 1.54) is 0 Å². The average Bonchev–Trinajstić information content (AvgIpc) is 3.19. The second-order valence-corrected chi connectivity index (χ2v) is 8.31. The Morgan fingerprint density at radius 1 is 1.28 bits per heavy atom. The molecule has 32 heavy (non-hydrogen) atoms. The van der Waals surface area contributed by atoms with Gasteiger partial charge in [-0.25, -0.2) is 4.68 Å². The molecule has 0 unspecified atom stereocenters. The van der Waals surface area contributed by atoms with Crippen LogP contribution in [0.4, 0.5) is 11.6 Å². The average molecular weight is 498 g/mol. The number of para-hydroxylation sites is 2. The van der Waals surface area contributed by atoms with Crippen molar-refractivity contribution in [2.45, 2.75) is 25.8 Å². The van der Waals surface area contributed by atoms with Crippen molar-refractivity contribution in [2.24, 2.45) is 0 Å².